The van der Waals surface area contributed by atoms with Gasteiger partial charge < -0.3 is 0 Å². The standard InChI is InChI=1S/C24H75N16P5/c1-29(2)42(30(3)4,31(5)6)25-41(26-43(32(7)8,33(9)10)34(11)12,27-44(35(13)14,36(15)16)37(17)18)28-45(38(19)20,39(21)22)40(23)24/h25,41-42H,1-24H3. The van der Waals surface area contributed by atoms with Crippen molar-refractivity contribution < 1.29 is 0 Å². The van der Waals surface area contributed by atoms with Crippen LogP contribution in [-0.4, -0.2) is 225 Å². The van der Waals surface area contributed by atoms with E-state index in [1.165, 1.54) is 0 Å². The fraction of sp³-hybridized carbons (Fsp3) is 1.00. The first-order chi connectivity index (χ1) is 20.1. The molecule has 1 N–H and O–H groups in total. The van der Waals surface area contributed by atoms with Gasteiger partial charge in [0.2, 0.25) is 0 Å². The molecule has 0 aliphatic rings. The van der Waals surface area contributed by atoms with Crippen LogP contribution in [0.25, 0.3) is 0 Å². The Morgan fingerprint density at radius 1 is 0.311 bits per heavy atom. The molecule has 0 atom stereocenters. The van der Waals surface area contributed by atoms with Crippen LogP contribution in [0.3, 0.4) is 0 Å². The van der Waals surface area contributed by atoms with Crippen molar-refractivity contribution in [3.05, 3.63) is 0 Å². The first kappa shape index (κ1) is 46.0. The normalized spacial score (nSPS) is 15.6. The number of hydrogen-bond acceptors (Lipinski definition) is 7. The second kappa shape index (κ2) is 17.3. The second-order valence-electron chi connectivity index (χ2n) is 13.6. The molecule has 0 aliphatic carbocycles. The molecule has 45 heavy (non-hydrogen) atoms. The molecule has 0 saturated heterocycles. The van der Waals surface area contributed by atoms with Crippen molar-refractivity contribution in [1.29, 1.82) is 0 Å². The van der Waals surface area contributed by atoms with E-state index < -0.39 is 38.3 Å². The van der Waals surface area contributed by atoms with Crippen molar-refractivity contribution >= 4 is 38.3 Å². The molecule has 0 fully saturated rings. The van der Waals surface area contributed by atoms with Crippen molar-refractivity contribution in [1.82, 2.24) is 60.9 Å². The number of rotatable bonds is 17. The van der Waals surface area contributed by atoms with Crippen molar-refractivity contribution in [3.63, 3.8) is 0 Å². The minimum absolute atomic E-state index is 2.13. The van der Waals surface area contributed by atoms with Gasteiger partial charge in [0.25, 0.3) is 0 Å². The van der Waals surface area contributed by atoms with E-state index >= 15 is 0 Å². The first-order valence-corrected chi connectivity index (χ1v) is 23.5. The molecular weight excluding hydrogens is 667 g/mol. The monoisotopic (exact) mass is 743 g/mol. The van der Waals surface area contributed by atoms with E-state index in [1.807, 2.05) is 0 Å². The summed E-state index contributed by atoms with van der Waals surface area (Å²) in [5.74, 6) is 0. The summed E-state index contributed by atoms with van der Waals surface area (Å²) in [7, 11) is 37.0. The van der Waals surface area contributed by atoms with Crippen LogP contribution in [-0.2, 0) is 0 Å². The quantitative estimate of drug-likeness (QED) is 0.219. The van der Waals surface area contributed by atoms with Crippen LogP contribution in [0.15, 0.2) is 13.5 Å². The molecule has 276 valence electrons. The molecule has 0 heterocycles. The van der Waals surface area contributed by atoms with Crippen LogP contribution < -0.4 is 4.86 Å². The van der Waals surface area contributed by atoms with Gasteiger partial charge in [-0.3, -0.25) is 0 Å². The molecule has 0 aromatic heterocycles. The Bertz CT molecular complexity index is 884. The minimum atomic E-state index is -3.76. The Hall–Kier alpha value is 1.03. The summed E-state index contributed by atoms with van der Waals surface area (Å²) in [5, 5.41) is 0. The van der Waals surface area contributed by atoms with Crippen molar-refractivity contribution in [2.45, 2.75) is 0 Å². The Morgan fingerprint density at radius 2 is 0.467 bits per heavy atom. The van der Waals surface area contributed by atoms with E-state index in [2.05, 4.69) is 230 Å². The third kappa shape index (κ3) is 8.86. The second-order valence-corrected chi connectivity index (χ2v) is 32.7. The van der Waals surface area contributed by atoms with Gasteiger partial charge in [-0.15, -0.1) is 0 Å². The Morgan fingerprint density at radius 3 is 0.578 bits per heavy atom. The SMILES string of the molecule is CN(C)P(=N[PH](N=P(N(C)C)(N(C)C)N(C)C)(N=P(N(C)C)(N(C)C)N(C)C)N[PH](N(C)C)(N(C)C)N(C)C)(N(C)C)N(C)C. The van der Waals surface area contributed by atoms with E-state index in [-0.39, 0.29) is 0 Å². The van der Waals surface area contributed by atoms with Gasteiger partial charge in [0.1, 0.15) is 0 Å². The van der Waals surface area contributed by atoms with Crippen molar-refractivity contribution in [3.8, 4) is 0 Å². The van der Waals surface area contributed by atoms with Crippen LogP contribution in [0.4, 0.5) is 0 Å². The number of hydrogen-bond donors (Lipinski definition) is 1. The third-order valence-corrected chi connectivity index (χ3v) is 30.5. The Balaban J connectivity index is 9.85. The molecule has 16 nitrogen and oxygen atoms in total. The van der Waals surface area contributed by atoms with Gasteiger partial charge in [0.05, 0.1) is 0 Å². The molecule has 0 aliphatic heterocycles. The number of nitrogens with one attached hydrogen (secondary N) is 1. The van der Waals surface area contributed by atoms with Crippen LogP contribution in [0, 0.1) is 0 Å². The van der Waals surface area contributed by atoms with E-state index in [4.69, 9.17) is 13.5 Å². The molecule has 0 amide bonds. The van der Waals surface area contributed by atoms with Gasteiger partial charge in [-0.2, -0.15) is 0 Å². The Kier molecular flexibility index (Phi) is 17.7. The fourth-order valence-corrected chi connectivity index (χ4v) is 34.2. The van der Waals surface area contributed by atoms with E-state index in [1.54, 1.807) is 0 Å². The van der Waals surface area contributed by atoms with Gasteiger partial charge in [0.15, 0.2) is 0 Å². The van der Waals surface area contributed by atoms with Gasteiger partial charge in [-0.05, 0) is 0 Å². The van der Waals surface area contributed by atoms with Gasteiger partial charge in [-0.1, -0.05) is 0 Å². The summed E-state index contributed by atoms with van der Waals surface area (Å²) in [6.07, 6.45) is 0. The first-order valence-electron chi connectivity index (χ1n) is 15.0. The average Bonchev–Trinajstić information content (AvgIpc) is 2.84. The van der Waals surface area contributed by atoms with Crippen LogP contribution >= 0.6 is 38.3 Å². The van der Waals surface area contributed by atoms with Gasteiger partial charge in [-0.25, -0.2) is 0 Å². The van der Waals surface area contributed by atoms with Gasteiger partial charge >= 0.3 is 282 Å². The Labute approximate surface area is 281 Å². The number of nitrogens with zero attached hydrogens (tertiary/aromatic N) is 15. The molecular formula is C24H75N16P5. The molecule has 0 bridgehead atoms. The molecule has 0 aromatic rings. The topological polar surface area (TPSA) is 88.0 Å². The van der Waals surface area contributed by atoms with Crippen molar-refractivity contribution in [2.24, 2.45) is 13.5 Å². The molecule has 0 unspecified atom stereocenters. The summed E-state index contributed by atoms with van der Waals surface area (Å²) in [5.41, 5.74) is 0. The van der Waals surface area contributed by atoms with Crippen LogP contribution in [0.5, 0.6) is 0 Å². The molecule has 0 radical (unpaired) electrons. The molecule has 21 heteroatoms. The maximum absolute atomic E-state index is 6.17. The summed E-state index contributed by atoms with van der Waals surface area (Å²) < 4.78 is 45.9. The zero-order valence-corrected chi connectivity index (χ0v) is 38.2. The molecule has 0 spiro atoms. The summed E-state index contributed by atoms with van der Waals surface area (Å²) in [4.78, 5) is 4.34. The summed E-state index contributed by atoms with van der Waals surface area (Å²) in [6.45, 7) is 0. The van der Waals surface area contributed by atoms with E-state index in [0.717, 1.165) is 0 Å². The third-order valence-electron chi connectivity index (χ3n) is 7.86. The van der Waals surface area contributed by atoms with Crippen LogP contribution in [0.1, 0.15) is 0 Å². The summed E-state index contributed by atoms with van der Waals surface area (Å²) >= 11 is 0. The molecule has 0 saturated carbocycles. The van der Waals surface area contributed by atoms with Gasteiger partial charge in [0, 0.05) is 0 Å². The molecule has 0 aromatic carbocycles. The zero-order chi connectivity index (χ0) is 36.3. The average molecular weight is 743 g/mol. The predicted molar refractivity (Wildman–Crippen MR) is 212 cm³/mol. The van der Waals surface area contributed by atoms with Crippen molar-refractivity contribution in [2.75, 3.05) is 169 Å². The van der Waals surface area contributed by atoms with Crippen LogP contribution in [0.2, 0.25) is 0 Å². The summed E-state index contributed by atoms with van der Waals surface area (Å²) in [6, 6.07) is 0. The predicted octanol–water partition coefficient (Wildman–Crippen LogP) is 3.97. The molecule has 0 rings (SSSR count). The zero-order valence-electron chi connectivity index (χ0n) is 33.5. The van der Waals surface area contributed by atoms with E-state index in [9.17, 15) is 0 Å². The van der Waals surface area contributed by atoms with E-state index in [0.29, 0.717) is 0 Å². The fourth-order valence-electron chi connectivity index (χ4n) is 6.48. The maximum atomic E-state index is 6.17.